The number of nitrogens with zero attached hydrogens (tertiary/aromatic N) is 1. The van der Waals surface area contributed by atoms with E-state index in [-0.39, 0.29) is 0 Å². The Kier molecular flexibility index (Phi) is 2.35. The Bertz CT molecular complexity index is 262. The quantitative estimate of drug-likeness (QED) is 0.446. The van der Waals surface area contributed by atoms with E-state index in [1.165, 1.54) is 0 Å². The zero-order valence-electron chi connectivity index (χ0n) is 5.66. The van der Waals surface area contributed by atoms with Crippen LogP contribution in [0.25, 0.3) is 0 Å². The van der Waals surface area contributed by atoms with Gasteiger partial charge < -0.3 is 0 Å². The predicted octanol–water partition coefficient (Wildman–Crippen LogP) is 1.78. The Morgan fingerprint density at radius 2 is 2.40 bits per heavy atom. The van der Waals surface area contributed by atoms with Crippen molar-refractivity contribution in [3.63, 3.8) is 0 Å². The van der Waals surface area contributed by atoms with Crippen molar-refractivity contribution >= 4 is 11.8 Å². The van der Waals surface area contributed by atoms with E-state index in [1.54, 1.807) is 11.8 Å². The van der Waals surface area contributed by atoms with Crippen molar-refractivity contribution in [1.29, 1.82) is 0 Å². The molecule has 0 radical (unpaired) electrons. The Morgan fingerprint density at radius 1 is 1.60 bits per heavy atom. The minimum Gasteiger partial charge on any atom is -0.233 e. The molecule has 2 heteroatoms. The lowest BCUT2D eigenvalue weighted by Crippen LogP contribution is -1.82. The van der Waals surface area contributed by atoms with Gasteiger partial charge in [0.15, 0.2) is 0 Å². The van der Waals surface area contributed by atoms with E-state index in [0.29, 0.717) is 5.69 Å². The van der Waals surface area contributed by atoms with Crippen LogP contribution in [0.5, 0.6) is 0 Å². The van der Waals surface area contributed by atoms with Crippen LogP contribution in [0.2, 0.25) is 0 Å². The van der Waals surface area contributed by atoms with Crippen molar-refractivity contribution in [2.45, 2.75) is 5.03 Å². The molecule has 0 saturated heterocycles. The minimum absolute atomic E-state index is 0.701. The molecule has 0 aliphatic rings. The summed E-state index contributed by atoms with van der Waals surface area (Å²) in [5, 5.41) is 0.968. The lowest BCUT2D eigenvalue weighted by atomic mass is 10.4. The van der Waals surface area contributed by atoms with Gasteiger partial charge in [-0.15, -0.1) is 18.2 Å². The molecule has 1 aromatic heterocycles. The monoisotopic (exact) mass is 149 g/mol. The fourth-order valence-corrected chi connectivity index (χ4v) is 1.01. The summed E-state index contributed by atoms with van der Waals surface area (Å²) >= 11 is 1.59. The van der Waals surface area contributed by atoms with E-state index in [2.05, 4.69) is 10.9 Å². The second kappa shape index (κ2) is 3.28. The fourth-order valence-electron chi connectivity index (χ4n) is 0.609. The summed E-state index contributed by atoms with van der Waals surface area (Å²) < 4.78 is 0. The highest BCUT2D eigenvalue weighted by Crippen LogP contribution is 2.10. The molecular weight excluding hydrogens is 142 g/mol. The number of hydrogen-bond acceptors (Lipinski definition) is 2. The molecule has 10 heavy (non-hydrogen) atoms. The van der Waals surface area contributed by atoms with Crippen LogP contribution in [-0.2, 0) is 0 Å². The van der Waals surface area contributed by atoms with E-state index < -0.39 is 0 Å². The summed E-state index contributed by atoms with van der Waals surface area (Å²) in [6, 6.07) is 5.67. The molecule has 1 rings (SSSR count). The van der Waals surface area contributed by atoms with Gasteiger partial charge in [-0.1, -0.05) is 12.0 Å². The van der Waals surface area contributed by atoms with Gasteiger partial charge in [0.25, 0.3) is 0 Å². The van der Waals surface area contributed by atoms with Crippen LogP contribution in [0.4, 0.5) is 0 Å². The van der Waals surface area contributed by atoms with E-state index >= 15 is 0 Å². The second-order valence-electron chi connectivity index (χ2n) is 1.71. The SMILES string of the molecule is C#Cc1cccc(SC)n1. The average molecular weight is 149 g/mol. The number of pyridine rings is 1. The third-order valence-electron chi connectivity index (χ3n) is 1.08. The van der Waals surface area contributed by atoms with Crippen molar-refractivity contribution in [3.8, 4) is 12.3 Å². The van der Waals surface area contributed by atoms with E-state index in [4.69, 9.17) is 6.42 Å². The number of aromatic nitrogens is 1. The molecule has 0 saturated carbocycles. The van der Waals surface area contributed by atoms with Gasteiger partial charge in [-0.05, 0) is 18.4 Å². The first kappa shape index (κ1) is 7.17. The molecule has 0 spiro atoms. The first-order valence-electron chi connectivity index (χ1n) is 2.84. The van der Waals surface area contributed by atoms with E-state index in [9.17, 15) is 0 Å². The van der Waals surface area contributed by atoms with Crippen LogP contribution in [0.1, 0.15) is 5.69 Å². The van der Waals surface area contributed by atoms with Crippen LogP contribution in [0, 0.1) is 12.3 Å². The minimum atomic E-state index is 0.701. The maximum Gasteiger partial charge on any atom is 0.114 e. The maximum atomic E-state index is 5.15. The predicted molar refractivity (Wildman–Crippen MR) is 44.0 cm³/mol. The van der Waals surface area contributed by atoms with Crippen LogP contribution in [0.15, 0.2) is 23.2 Å². The van der Waals surface area contributed by atoms with Gasteiger partial charge in [0.05, 0.1) is 5.03 Å². The molecule has 0 aromatic carbocycles. The molecule has 1 aromatic rings. The fraction of sp³-hybridized carbons (Fsp3) is 0.125. The van der Waals surface area contributed by atoms with Gasteiger partial charge in [-0.3, -0.25) is 0 Å². The summed E-state index contributed by atoms with van der Waals surface area (Å²) in [5.41, 5.74) is 0.701. The van der Waals surface area contributed by atoms with Crippen molar-refractivity contribution in [2.75, 3.05) is 6.26 Å². The van der Waals surface area contributed by atoms with Gasteiger partial charge >= 0.3 is 0 Å². The molecule has 0 aliphatic carbocycles. The summed E-state index contributed by atoms with van der Waals surface area (Å²) in [5.74, 6) is 2.48. The van der Waals surface area contributed by atoms with E-state index in [0.717, 1.165) is 5.03 Å². The zero-order chi connectivity index (χ0) is 7.40. The zero-order valence-corrected chi connectivity index (χ0v) is 6.48. The molecule has 0 bridgehead atoms. The van der Waals surface area contributed by atoms with E-state index in [1.807, 2.05) is 24.5 Å². The third kappa shape index (κ3) is 1.52. The Hall–Kier alpha value is -0.940. The van der Waals surface area contributed by atoms with Gasteiger partial charge in [0, 0.05) is 0 Å². The van der Waals surface area contributed by atoms with Gasteiger partial charge in [0.2, 0.25) is 0 Å². The van der Waals surface area contributed by atoms with Crippen LogP contribution < -0.4 is 0 Å². The molecular formula is C8H7NS. The molecule has 0 unspecified atom stereocenters. The Morgan fingerprint density at radius 3 is 3.00 bits per heavy atom. The van der Waals surface area contributed by atoms with Crippen LogP contribution >= 0.6 is 11.8 Å². The highest BCUT2D eigenvalue weighted by atomic mass is 32.2. The first-order valence-corrected chi connectivity index (χ1v) is 4.07. The molecule has 0 atom stereocenters. The van der Waals surface area contributed by atoms with Crippen molar-refractivity contribution in [1.82, 2.24) is 4.98 Å². The lowest BCUT2D eigenvalue weighted by molar-refractivity contribution is 1.12. The van der Waals surface area contributed by atoms with Crippen molar-refractivity contribution < 1.29 is 0 Å². The van der Waals surface area contributed by atoms with Gasteiger partial charge in [-0.2, -0.15) is 0 Å². The van der Waals surface area contributed by atoms with Crippen molar-refractivity contribution in [3.05, 3.63) is 23.9 Å². The molecule has 0 amide bonds. The summed E-state index contributed by atoms with van der Waals surface area (Å²) in [4.78, 5) is 4.14. The summed E-state index contributed by atoms with van der Waals surface area (Å²) in [7, 11) is 0. The number of hydrogen-bond donors (Lipinski definition) is 0. The molecule has 50 valence electrons. The molecule has 0 fully saturated rings. The Labute approximate surface area is 64.9 Å². The summed E-state index contributed by atoms with van der Waals surface area (Å²) in [6.45, 7) is 0. The molecule has 1 heterocycles. The standard InChI is InChI=1S/C8H7NS/c1-3-7-5-4-6-8(9-7)10-2/h1,4-6H,2H3. The molecule has 0 aliphatic heterocycles. The van der Waals surface area contributed by atoms with Crippen LogP contribution in [0.3, 0.4) is 0 Å². The number of thioether (sulfide) groups is 1. The molecule has 1 nitrogen and oxygen atoms in total. The maximum absolute atomic E-state index is 5.15. The van der Waals surface area contributed by atoms with Gasteiger partial charge in [-0.25, -0.2) is 4.98 Å². The van der Waals surface area contributed by atoms with Crippen LogP contribution in [-0.4, -0.2) is 11.2 Å². The Balaban J connectivity index is 3.01. The smallest absolute Gasteiger partial charge is 0.114 e. The molecule has 0 N–H and O–H groups in total. The highest BCUT2D eigenvalue weighted by molar-refractivity contribution is 7.98. The first-order chi connectivity index (χ1) is 4.86. The largest absolute Gasteiger partial charge is 0.233 e. The van der Waals surface area contributed by atoms with Gasteiger partial charge in [0.1, 0.15) is 5.69 Å². The lowest BCUT2D eigenvalue weighted by Gasteiger charge is -1.93. The number of terminal acetylenes is 1. The van der Waals surface area contributed by atoms with Crippen molar-refractivity contribution in [2.24, 2.45) is 0 Å². The average Bonchev–Trinajstić information content (AvgIpc) is 2.05. The third-order valence-corrected chi connectivity index (χ3v) is 1.73. The number of rotatable bonds is 1. The highest BCUT2D eigenvalue weighted by Gasteiger charge is 1.90. The topological polar surface area (TPSA) is 12.9 Å². The second-order valence-corrected chi connectivity index (χ2v) is 2.54. The summed E-state index contributed by atoms with van der Waals surface area (Å²) in [6.07, 6.45) is 7.13. The normalized spacial score (nSPS) is 8.80.